The van der Waals surface area contributed by atoms with Crippen molar-refractivity contribution < 1.29 is 38.6 Å². The molecule has 0 radical (unpaired) electrons. The minimum atomic E-state index is -1.25. The Morgan fingerprint density at radius 3 is 2.60 bits per heavy atom. The number of nitrogens with one attached hydrogen (secondary N) is 3. The number of likely N-dealkylation sites (tertiary alicyclic amines) is 2. The van der Waals surface area contributed by atoms with E-state index in [2.05, 4.69) is 16.0 Å². The summed E-state index contributed by atoms with van der Waals surface area (Å²) >= 11 is 6.26. The SMILES string of the molecule is COC1CN(C(=O)C[C@H](NC(=O)c2ccc(NC(=O)O)cc2)C(=O)N2CCC[C@@]3(C2)OC(=O)Nc2ccc(Cl)cc23)C1. The van der Waals surface area contributed by atoms with Gasteiger partial charge in [0.15, 0.2) is 5.60 Å². The second-order valence-corrected chi connectivity index (χ2v) is 10.9. The number of nitrogens with zero attached hydrogens (tertiary/aromatic N) is 2. The first-order chi connectivity index (χ1) is 20.1. The molecule has 3 aliphatic rings. The van der Waals surface area contributed by atoms with Gasteiger partial charge in [-0.05, 0) is 55.3 Å². The molecule has 42 heavy (non-hydrogen) atoms. The highest BCUT2D eigenvalue weighted by Crippen LogP contribution is 2.43. The molecule has 0 aromatic heterocycles. The Kier molecular flexibility index (Phi) is 8.23. The lowest BCUT2D eigenvalue weighted by molar-refractivity contribution is -0.148. The molecule has 222 valence electrons. The lowest BCUT2D eigenvalue weighted by atomic mass is 9.83. The molecular formula is C28H30ClN5O8. The van der Waals surface area contributed by atoms with E-state index >= 15 is 0 Å². The summed E-state index contributed by atoms with van der Waals surface area (Å²) in [4.78, 5) is 66.6. The molecular weight excluding hydrogens is 570 g/mol. The van der Waals surface area contributed by atoms with Crippen molar-refractivity contribution in [3.05, 3.63) is 58.6 Å². The van der Waals surface area contributed by atoms with Crippen LogP contribution in [0.3, 0.4) is 0 Å². The first-order valence-electron chi connectivity index (χ1n) is 13.4. The number of carboxylic acid groups (broad SMARTS) is 1. The molecule has 0 bridgehead atoms. The van der Waals surface area contributed by atoms with E-state index in [-0.39, 0.29) is 36.2 Å². The van der Waals surface area contributed by atoms with Crippen LogP contribution in [0.25, 0.3) is 0 Å². The van der Waals surface area contributed by atoms with Crippen LogP contribution in [0, 0.1) is 0 Å². The standard InChI is InChI=1S/C28H30ClN5O8/c1-41-19-13-34(14-19)23(35)12-22(31-24(36)16-3-6-18(7-4-16)30-26(38)39)25(37)33-10-2-9-28(15-33)20-11-17(29)5-8-21(20)32-27(40)42-28/h3-8,11,19,22,30H,2,9-10,12-15H2,1H3,(H,31,36)(H,32,40)(H,38,39)/t22-,28-/m0/s1. The van der Waals surface area contributed by atoms with Gasteiger partial charge in [0.1, 0.15) is 6.04 Å². The van der Waals surface area contributed by atoms with Crippen molar-refractivity contribution in [2.24, 2.45) is 0 Å². The Balaban J connectivity index is 1.37. The smallest absolute Gasteiger partial charge is 0.412 e. The molecule has 0 unspecified atom stereocenters. The van der Waals surface area contributed by atoms with Crippen molar-refractivity contribution in [1.29, 1.82) is 0 Å². The quantitative estimate of drug-likeness (QED) is 0.377. The van der Waals surface area contributed by atoms with E-state index in [1.165, 1.54) is 29.2 Å². The zero-order valence-corrected chi connectivity index (χ0v) is 23.5. The first-order valence-corrected chi connectivity index (χ1v) is 13.7. The van der Waals surface area contributed by atoms with Crippen LogP contribution in [-0.2, 0) is 24.7 Å². The number of piperidine rings is 1. The number of carbonyl (C=O) groups is 5. The molecule has 3 heterocycles. The van der Waals surface area contributed by atoms with Crippen LogP contribution in [0.4, 0.5) is 21.0 Å². The van der Waals surface area contributed by atoms with Crippen molar-refractivity contribution in [3.63, 3.8) is 0 Å². The van der Waals surface area contributed by atoms with Crippen LogP contribution in [0.1, 0.15) is 35.2 Å². The number of fused-ring (bicyclic) bond motifs is 2. The molecule has 13 nitrogen and oxygen atoms in total. The summed E-state index contributed by atoms with van der Waals surface area (Å²) in [5.74, 6) is -1.43. The van der Waals surface area contributed by atoms with Crippen LogP contribution in [0.2, 0.25) is 5.02 Å². The summed E-state index contributed by atoms with van der Waals surface area (Å²) in [6, 6.07) is 9.47. The van der Waals surface area contributed by atoms with Gasteiger partial charge in [-0.15, -0.1) is 0 Å². The highest BCUT2D eigenvalue weighted by Gasteiger charge is 2.47. The predicted octanol–water partition coefficient (Wildman–Crippen LogP) is 2.86. The molecule has 4 N–H and O–H groups in total. The van der Waals surface area contributed by atoms with E-state index in [0.29, 0.717) is 48.7 Å². The number of rotatable bonds is 7. The summed E-state index contributed by atoms with van der Waals surface area (Å²) in [6.45, 7) is 1.11. The maximum atomic E-state index is 14.0. The lowest BCUT2D eigenvalue weighted by Gasteiger charge is -2.46. The Morgan fingerprint density at radius 1 is 1.17 bits per heavy atom. The number of benzene rings is 2. The van der Waals surface area contributed by atoms with Gasteiger partial charge in [-0.25, -0.2) is 9.59 Å². The summed E-state index contributed by atoms with van der Waals surface area (Å²) in [5.41, 5.74) is 0.472. The molecule has 2 aromatic carbocycles. The Labute approximate surface area is 246 Å². The molecule has 1 spiro atoms. The van der Waals surface area contributed by atoms with E-state index in [0.717, 1.165) is 0 Å². The van der Waals surface area contributed by atoms with Crippen LogP contribution in [0.15, 0.2) is 42.5 Å². The van der Waals surface area contributed by atoms with E-state index in [4.69, 9.17) is 26.2 Å². The second kappa shape index (κ2) is 11.9. The van der Waals surface area contributed by atoms with Crippen molar-refractivity contribution in [2.75, 3.05) is 43.9 Å². The molecule has 3 aliphatic heterocycles. The minimum Gasteiger partial charge on any atom is -0.465 e. The third-order valence-corrected chi connectivity index (χ3v) is 7.91. The molecule has 2 atom stereocenters. The van der Waals surface area contributed by atoms with Gasteiger partial charge in [-0.2, -0.15) is 0 Å². The number of ether oxygens (including phenoxy) is 2. The van der Waals surface area contributed by atoms with Gasteiger partial charge in [0.2, 0.25) is 11.8 Å². The van der Waals surface area contributed by atoms with Gasteiger partial charge in [-0.3, -0.25) is 25.0 Å². The number of anilines is 2. The van der Waals surface area contributed by atoms with Crippen molar-refractivity contribution >= 4 is 52.9 Å². The third-order valence-electron chi connectivity index (χ3n) is 7.68. The molecule has 0 saturated carbocycles. The van der Waals surface area contributed by atoms with Gasteiger partial charge in [0, 0.05) is 48.6 Å². The normalized spacial score (nSPS) is 20.5. The highest BCUT2D eigenvalue weighted by molar-refractivity contribution is 6.30. The fraction of sp³-hybridized carbons (Fsp3) is 0.393. The number of hydrogen-bond donors (Lipinski definition) is 4. The van der Waals surface area contributed by atoms with Crippen LogP contribution < -0.4 is 16.0 Å². The van der Waals surface area contributed by atoms with E-state index < -0.39 is 35.6 Å². The maximum absolute atomic E-state index is 14.0. The van der Waals surface area contributed by atoms with Gasteiger partial charge in [-0.1, -0.05) is 11.6 Å². The minimum absolute atomic E-state index is 0.0121. The van der Waals surface area contributed by atoms with Crippen molar-refractivity contribution in [2.45, 2.75) is 37.0 Å². The zero-order valence-electron chi connectivity index (χ0n) is 22.7. The number of amides is 5. The van der Waals surface area contributed by atoms with Crippen LogP contribution in [0.5, 0.6) is 0 Å². The number of carbonyl (C=O) groups excluding carboxylic acids is 4. The van der Waals surface area contributed by atoms with Crippen molar-refractivity contribution in [1.82, 2.24) is 15.1 Å². The second-order valence-electron chi connectivity index (χ2n) is 10.5. The molecule has 2 aromatic rings. The highest BCUT2D eigenvalue weighted by atomic mass is 35.5. The molecule has 5 amide bonds. The van der Waals surface area contributed by atoms with E-state index in [1.807, 2.05) is 0 Å². The molecule has 0 aliphatic carbocycles. The fourth-order valence-electron chi connectivity index (χ4n) is 5.47. The van der Waals surface area contributed by atoms with E-state index in [1.54, 1.807) is 30.2 Å². The predicted molar refractivity (Wildman–Crippen MR) is 150 cm³/mol. The first kappa shape index (κ1) is 29.1. The van der Waals surface area contributed by atoms with Crippen molar-refractivity contribution in [3.8, 4) is 0 Å². The average molecular weight is 600 g/mol. The largest absolute Gasteiger partial charge is 0.465 e. The topological polar surface area (TPSA) is 167 Å². The summed E-state index contributed by atoms with van der Waals surface area (Å²) in [5, 5.41) is 16.9. The average Bonchev–Trinajstić information content (AvgIpc) is 2.92. The lowest BCUT2D eigenvalue weighted by Crippen LogP contribution is -2.59. The molecule has 2 saturated heterocycles. The van der Waals surface area contributed by atoms with Crippen LogP contribution >= 0.6 is 11.6 Å². The van der Waals surface area contributed by atoms with Crippen LogP contribution in [-0.4, -0.2) is 90.2 Å². The Hall–Kier alpha value is -4.36. The Bertz CT molecular complexity index is 1410. The number of methoxy groups -OCH3 is 1. The summed E-state index contributed by atoms with van der Waals surface area (Å²) in [6.07, 6.45) is -1.31. The molecule has 14 heteroatoms. The number of hydrogen-bond acceptors (Lipinski definition) is 7. The summed E-state index contributed by atoms with van der Waals surface area (Å²) in [7, 11) is 1.56. The number of halogens is 1. The third kappa shape index (κ3) is 6.11. The maximum Gasteiger partial charge on any atom is 0.412 e. The molecule has 5 rings (SSSR count). The monoisotopic (exact) mass is 599 g/mol. The Morgan fingerprint density at radius 2 is 1.90 bits per heavy atom. The van der Waals surface area contributed by atoms with E-state index in [9.17, 15) is 24.0 Å². The van der Waals surface area contributed by atoms with Gasteiger partial charge in [0.25, 0.3) is 5.91 Å². The fourth-order valence-corrected chi connectivity index (χ4v) is 5.64. The zero-order chi connectivity index (χ0) is 30.0. The summed E-state index contributed by atoms with van der Waals surface area (Å²) < 4.78 is 11.0. The van der Waals surface area contributed by atoms with Gasteiger partial charge < -0.3 is 29.7 Å². The van der Waals surface area contributed by atoms with Gasteiger partial charge >= 0.3 is 12.2 Å². The van der Waals surface area contributed by atoms with Gasteiger partial charge in [0.05, 0.1) is 24.8 Å². The molecule has 2 fully saturated rings.